The van der Waals surface area contributed by atoms with E-state index in [-0.39, 0.29) is 23.7 Å². The van der Waals surface area contributed by atoms with Crippen LogP contribution in [0.4, 0.5) is 11.4 Å². The second-order valence-electron chi connectivity index (χ2n) is 6.92. The van der Waals surface area contributed by atoms with Crippen LogP contribution in [0.2, 0.25) is 0 Å². The molecular formula is C22H21N3O2S. The summed E-state index contributed by atoms with van der Waals surface area (Å²) in [5.74, 6) is -0.188. The summed E-state index contributed by atoms with van der Waals surface area (Å²) in [5, 5.41) is 6.76. The van der Waals surface area contributed by atoms with Gasteiger partial charge < -0.3 is 10.6 Å². The predicted molar refractivity (Wildman–Crippen MR) is 114 cm³/mol. The number of amides is 2. The van der Waals surface area contributed by atoms with Crippen molar-refractivity contribution < 1.29 is 9.59 Å². The lowest BCUT2D eigenvalue weighted by atomic mass is 9.82. The largest absolute Gasteiger partial charge is 0.326 e. The van der Waals surface area contributed by atoms with Crippen LogP contribution in [-0.2, 0) is 9.59 Å². The van der Waals surface area contributed by atoms with E-state index >= 15 is 0 Å². The van der Waals surface area contributed by atoms with E-state index in [1.54, 1.807) is 35.6 Å². The first kappa shape index (κ1) is 18.4. The number of benzene rings is 2. The molecule has 1 heterocycles. The summed E-state index contributed by atoms with van der Waals surface area (Å²) >= 11 is 1.67. The molecule has 1 aliphatic rings. The van der Waals surface area contributed by atoms with E-state index in [1.807, 2.05) is 18.2 Å². The number of fused-ring (bicyclic) bond motifs is 1. The van der Waals surface area contributed by atoms with E-state index in [0.717, 1.165) is 27.3 Å². The van der Waals surface area contributed by atoms with Crippen molar-refractivity contribution in [3.63, 3.8) is 0 Å². The number of allylic oxidation sites excluding steroid dienone is 2. The predicted octanol–water partition coefficient (Wildman–Crippen LogP) is 4.94. The highest BCUT2D eigenvalue weighted by Crippen LogP contribution is 2.39. The van der Waals surface area contributed by atoms with Crippen LogP contribution >= 0.6 is 11.3 Å². The average molecular weight is 391 g/mol. The molecule has 2 atom stereocenters. The van der Waals surface area contributed by atoms with Gasteiger partial charge in [0.1, 0.15) is 0 Å². The molecular weight excluding hydrogens is 370 g/mol. The Balaban J connectivity index is 1.51. The van der Waals surface area contributed by atoms with Crippen LogP contribution < -0.4 is 10.6 Å². The van der Waals surface area contributed by atoms with Crippen molar-refractivity contribution in [1.29, 1.82) is 0 Å². The number of rotatable bonds is 4. The van der Waals surface area contributed by atoms with Gasteiger partial charge in [-0.25, -0.2) is 4.98 Å². The number of anilines is 2. The standard InChI is InChI=1S/C22H21N3O2S/c1-14(26)23-15-10-12-16(13-11-15)24-21(27)17-6-2-3-7-18(17)22-25-19-8-4-5-9-20(19)28-22/h2-5,8-13,17-18H,6-7H2,1H3,(H,23,26)(H,24,27). The van der Waals surface area contributed by atoms with Gasteiger partial charge in [0.05, 0.1) is 21.1 Å². The van der Waals surface area contributed by atoms with Gasteiger partial charge in [0.2, 0.25) is 11.8 Å². The molecule has 0 bridgehead atoms. The van der Waals surface area contributed by atoms with Crippen LogP contribution in [-0.4, -0.2) is 16.8 Å². The lowest BCUT2D eigenvalue weighted by Gasteiger charge is -2.26. The van der Waals surface area contributed by atoms with Crippen molar-refractivity contribution in [1.82, 2.24) is 4.98 Å². The Morgan fingerprint density at radius 3 is 2.36 bits per heavy atom. The van der Waals surface area contributed by atoms with Crippen LogP contribution in [0.25, 0.3) is 10.2 Å². The molecule has 3 aromatic rings. The van der Waals surface area contributed by atoms with Gasteiger partial charge in [-0.1, -0.05) is 24.3 Å². The summed E-state index contributed by atoms with van der Waals surface area (Å²) < 4.78 is 1.15. The molecule has 4 rings (SSSR count). The Kier molecular flexibility index (Phi) is 5.21. The van der Waals surface area contributed by atoms with Gasteiger partial charge in [0.15, 0.2) is 0 Å². The molecule has 1 aromatic heterocycles. The molecule has 28 heavy (non-hydrogen) atoms. The number of carbonyl (C=O) groups is 2. The molecule has 2 amide bonds. The molecule has 6 heteroatoms. The summed E-state index contributed by atoms with van der Waals surface area (Å²) in [6.07, 6.45) is 5.74. The second kappa shape index (κ2) is 7.94. The van der Waals surface area contributed by atoms with E-state index in [2.05, 4.69) is 28.9 Å². The number of para-hydroxylation sites is 1. The van der Waals surface area contributed by atoms with Gasteiger partial charge in [-0.05, 0) is 49.2 Å². The van der Waals surface area contributed by atoms with Crippen LogP contribution in [0.3, 0.4) is 0 Å². The normalized spacial score (nSPS) is 18.8. The van der Waals surface area contributed by atoms with Crippen molar-refractivity contribution in [2.75, 3.05) is 10.6 Å². The molecule has 2 N–H and O–H groups in total. The number of hydrogen-bond acceptors (Lipinski definition) is 4. The SMILES string of the molecule is CC(=O)Nc1ccc(NC(=O)C2CC=CCC2c2nc3ccccc3s2)cc1. The number of hydrogen-bond donors (Lipinski definition) is 2. The maximum atomic E-state index is 13.0. The van der Waals surface area contributed by atoms with Gasteiger partial charge in [-0.3, -0.25) is 9.59 Å². The Hall–Kier alpha value is -2.99. The number of nitrogens with zero attached hydrogens (tertiary/aromatic N) is 1. The summed E-state index contributed by atoms with van der Waals surface area (Å²) in [4.78, 5) is 28.9. The number of carbonyl (C=O) groups excluding carboxylic acids is 2. The fraction of sp³-hybridized carbons (Fsp3) is 0.227. The molecule has 2 aromatic carbocycles. The van der Waals surface area contributed by atoms with Gasteiger partial charge in [-0.2, -0.15) is 0 Å². The minimum absolute atomic E-state index is 0.000818. The fourth-order valence-corrected chi connectivity index (χ4v) is 4.65. The van der Waals surface area contributed by atoms with E-state index in [1.165, 1.54) is 6.92 Å². The first-order valence-corrected chi connectivity index (χ1v) is 10.1. The summed E-state index contributed by atoms with van der Waals surface area (Å²) in [6, 6.07) is 15.2. The topological polar surface area (TPSA) is 71.1 Å². The molecule has 0 saturated carbocycles. The minimum Gasteiger partial charge on any atom is -0.326 e. The molecule has 0 fully saturated rings. The molecule has 142 valence electrons. The van der Waals surface area contributed by atoms with Crippen LogP contribution in [0.5, 0.6) is 0 Å². The molecule has 0 radical (unpaired) electrons. The Bertz CT molecular complexity index is 1010. The molecule has 0 aliphatic heterocycles. The van der Waals surface area contributed by atoms with Crippen molar-refractivity contribution in [3.8, 4) is 0 Å². The number of nitrogens with one attached hydrogen (secondary N) is 2. The lowest BCUT2D eigenvalue weighted by molar-refractivity contribution is -0.120. The van der Waals surface area contributed by atoms with Crippen LogP contribution in [0.15, 0.2) is 60.7 Å². The monoisotopic (exact) mass is 391 g/mol. The smallest absolute Gasteiger partial charge is 0.228 e. The zero-order valence-corrected chi connectivity index (χ0v) is 16.3. The highest BCUT2D eigenvalue weighted by Gasteiger charge is 2.32. The summed E-state index contributed by atoms with van der Waals surface area (Å²) in [6.45, 7) is 1.47. The molecule has 0 spiro atoms. The quantitative estimate of drug-likeness (QED) is 0.619. The minimum atomic E-state index is -0.152. The van der Waals surface area contributed by atoms with E-state index < -0.39 is 0 Å². The van der Waals surface area contributed by atoms with Crippen LogP contribution in [0.1, 0.15) is 30.7 Å². The first-order valence-electron chi connectivity index (χ1n) is 9.29. The maximum absolute atomic E-state index is 13.0. The third-order valence-electron chi connectivity index (χ3n) is 4.87. The molecule has 2 unspecified atom stereocenters. The number of thiazole rings is 1. The zero-order chi connectivity index (χ0) is 19.5. The average Bonchev–Trinajstić information content (AvgIpc) is 3.13. The van der Waals surface area contributed by atoms with Crippen molar-refractivity contribution >= 4 is 44.7 Å². The Morgan fingerprint density at radius 1 is 0.964 bits per heavy atom. The maximum Gasteiger partial charge on any atom is 0.228 e. The van der Waals surface area contributed by atoms with E-state index in [9.17, 15) is 9.59 Å². The van der Waals surface area contributed by atoms with Crippen LogP contribution in [0, 0.1) is 5.92 Å². The highest BCUT2D eigenvalue weighted by atomic mass is 32.1. The Labute approximate surface area is 167 Å². The third-order valence-corrected chi connectivity index (χ3v) is 6.04. The highest BCUT2D eigenvalue weighted by molar-refractivity contribution is 7.18. The molecule has 0 saturated heterocycles. The van der Waals surface area contributed by atoms with E-state index in [4.69, 9.17) is 4.98 Å². The summed E-state index contributed by atoms with van der Waals surface area (Å²) in [5.41, 5.74) is 2.42. The van der Waals surface area contributed by atoms with Crippen molar-refractivity contribution in [2.24, 2.45) is 5.92 Å². The lowest BCUT2D eigenvalue weighted by Crippen LogP contribution is -2.29. The first-order chi connectivity index (χ1) is 13.6. The fourth-order valence-electron chi connectivity index (χ4n) is 3.50. The van der Waals surface area contributed by atoms with E-state index in [0.29, 0.717) is 12.1 Å². The Morgan fingerprint density at radius 2 is 1.64 bits per heavy atom. The second-order valence-corrected chi connectivity index (χ2v) is 7.99. The molecule has 5 nitrogen and oxygen atoms in total. The van der Waals surface area contributed by atoms with Gasteiger partial charge >= 0.3 is 0 Å². The molecule has 1 aliphatic carbocycles. The zero-order valence-electron chi connectivity index (χ0n) is 15.5. The van der Waals surface area contributed by atoms with Gasteiger partial charge in [0.25, 0.3) is 0 Å². The summed E-state index contributed by atoms with van der Waals surface area (Å²) in [7, 11) is 0. The number of aromatic nitrogens is 1. The van der Waals surface area contributed by atoms with Crippen molar-refractivity contribution in [2.45, 2.75) is 25.7 Å². The third kappa shape index (κ3) is 3.97. The van der Waals surface area contributed by atoms with Gasteiger partial charge in [-0.15, -0.1) is 11.3 Å². The van der Waals surface area contributed by atoms with Gasteiger partial charge in [0, 0.05) is 24.2 Å². The van der Waals surface area contributed by atoms with Crippen molar-refractivity contribution in [3.05, 3.63) is 65.7 Å².